The Hall–Kier alpha value is -0.830. The van der Waals surface area contributed by atoms with Crippen molar-refractivity contribution in [1.29, 1.82) is 0 Å². The van der Waals surface area contributed by atoms with Crippen LogP contribution in [0.15, 0.2) is 0 Å². The number of aromatic nitrogens is 2. The summed E-state index contributed by atoms with van der Waals surface area (Å²) in [5, 5.41) is 4.42. The van der Waals surface area contributed by atoms with Crippen LogP contribution in [0.1, 0.15) is 36.7 Å². The van der Waals surface area contributed by atoms with E-state index >= 15 is 0 Å². The minimum atomic E-state index is 0.462. The number of aryl methyl sites for hydroxylation is 1. The predicted molar refractivity (Wildman–Crippen MR) is 49.9 cm³/mol. The van der Waals surface area contributed by atoms with E-state index in [1.54, 1.807) is 0 Å². The van der Waals surface area contributed by atoms with Gasteiger partial charge < -0.3 is 5.73 Å². The zero-order valence-corrected chi connectivity index (χ0v) is 8.26. The van der Waals surface area contributed by atoms with E-state index in [0.29, 0.717) is 12.5 Å². The molecule has 12 heavy (non-hydrogen) atoms. The topological polar surface area (TPSA) is 43.8 Å². The average molecular weight is 167 g/mol. The summed E-state index contributed by atoms with van der Waals surface area (Å²) in [4.78, 5) is 0. The fourth-order valence-electron chi connectivity index (χ4n) is 1.39. The molecule has 0 saturated heterocycles. The maximum Gasteiger partial charge on any atom is 0.0697 e. The van der Waals surface area contributed by atoms with Crippen LogP contribution >= 0.6 is 0 Å². The van der Waals surface area contributed by atoms with Crippen LogP contribution in [0.25, 0.3) is 0 Å². The molecule has 0 saturated carbocycles. The fourth-order valence-corrected chi connectivity index (χ4v) is 1.39. The van der Waals surface area contributed by atoms with Crippen LogP contribution in [-0.2, 0) is 13.6 Å². The maximum atomic E-state index is 5.65. The standard InChI is InChI=1S/C9H17N3/c1-6(2)9-8(5-10)7(3)12(4)11-9/h6H,5,10H2,1-4H3. The lowest BCUT2D eigenvalue weighted by molar-refractivity contribution is 0.698. The van der Waals surface area contributed by atoms with Gasteiger partial charge in [-0.3, -0.25) is 4.68 Å². The molecule has 2 N–H and O–H groups in total. The second-order valence-corrected chi connectivity index (χ2v) is 3.43. The van der Waals surface area contributed by atoms with Crippen molar-refractivity contribution < 1.29 is 0 Å². The molecule has 0 amide bonds. The van der Waals surface area contributed by atoms with Gasteiger partial charge in [0.25, 0.3) is 0 Å². The van der Waals surface area contributed by atoms with Crippen molar-refractivity contribution in [2.45, 2.75) is 33.2 Å². The molecule has 1 rings (SSSR count). The average Bonchev–Trinajstić information content (AvgIpc) is 2.29. The highest BCUT2D eigenvalue weighted by Crippen LogP contribution is 2.19. The van der Waals surface area contributed by atoms with Crippen molar-refractivity contribution in [3.63, 3.8) is 0 Å². The molecule has 3 heteroatoms. The van der Waals surface area contributed by atoms with Crippen molar-refractivity contribution >= 4 is 0 Å². The number of hydrogen-bond acceptors (Lipinski definition) is 2. The monoisotopic (exact) mass is 167 g/mol. The van der Waals surface area contributed by atoms with E-state index in [4.69, 9.17) is 5.73 Å². The molecule has 0 fully saturated rings. The summed E-state index contributed by atoms with van der Waals surface area (Å²) in [6, 6.07) is 0. The third kappa shape index (κ3) is 1.37. The summed E-state index contributed by atoms with van der Waals surface area (Å²) in [5.74, 6) is 0.462. The Morgan fingerprint density at radius 1 is 1.50 bits per heavy atom. The van der Waals surface area contributed by atoms with Gasteiger partial charge in [0.05, 0.1) is 5.69 Å². The lowest BCUT2D eigenvalue weighted by Gasteiger charge is -2.02. The van der Waals surface area contributed by atoms with Gasteiger partial charge in [-0.05, 0) is 12.8 Å². The van der Waals surface area contributed by atoms with Crippen molar-refractivity contribution in [2.75, 3.05) is 0 Å². The van der Waals surface area contributed by atoms with E-state index in [1.807, 2.05) is 11.7 Å². The molecule has 1 aromatic heterocycles. The molecule has 0 radical (unpaired) electrons. The van der Waals surface area contributed by atoms with Crippen LogP contribution in [0.3, 0.4) is 0 Å². The summed E-state index contributed by atoms with van der Waals surface area (Å²) >= 11 is 0. The smallest absolute Gasteiger partial charge is 0.0697 e. The normalized spacial score (nSPS) is 11.2. The molecule has 0 unspecified atom stereocenters. The Bertz CT molecular complexity index is 274. The molecular weight excluding hydrogens is 150 g/mol. The molecule has 0 aliphatic carbocycles. The molecule has 3 nitrogen and oxygen atoms in total. The molecule has 1 heterocycles. The highest BCUT2D eigenvalue weighted by molar-refractivity contribution is 5.27. The molecule has 0 aliphatic heterocycles. The summed E-state index contributed by atoms with van der Waals surface area (Å²) in [6.45, 7) is 6.93. The van der Waals surface area contributed by atoms with Gasteiger partial charge in [-0.25, -0.2) is 0 Å². The zero-order chi connectivity index (χ0) is 9.30. The second kappa shape index (κ2) is 3.27. The molecule has 0 aromatic carbocycles. The van der Waals surface area contributed by atoms with Gasteiger partial charge in [0.2, 0.25) is 0 Å². The van der Waals surface area contributed by atoms with Crippen LogP contribution in [0, 0.1) is 6.92 Å². The minimum Gasteiger partial charge on any atom is -0.326 e. The summed E-state index contributed by atoms with van der Waals surface area (Å²) < 4.78 is 1.90. The van der Waals surface area contributed by atoms with Gasteiger partial charge in [-0.1, -0.05) is 13.8 Å². The third-order valence-corrected chi connectivity index (χ3v) is 2.24. The first kappa shape index (κ1) is 9.26. The van der Waals surface area contributed by atoms with E-state index in [2.05, 4.69) is 25.9 Å². The third-order valence-electron chi connectivity index (χ3n) is 2.24. The SMILES string of the molecule is Cc1c(CN)c(C(C)C)nn1C. The van der Waals surface area contributed by atoms with E-state index < -0.39 is 0 Å². The quantitative estimate of drug-likeness (QED) is 0.721. The molecule has 68 valence electrons. The van der Waals surface area contributed by atoms with E-state index in [0.717, 1.165) is 5.69 Å². The Kier molecular flexibility index (Phi) is 2.52. The van der Waals surface area contributed by atoms with Crippen LogP contribution in [0.5, 0.6) is 0 Å². The van der Waals surface area contributed by atoms with Crippen LogP contribution in [-0.4, -0.2) is 9.78 Å². The Morgan fingerprint density at radius 2 is 2.08 bits per heavy atom. The van der Waals surface area contributed by atoms with Crippen molar-refractivity contribution in [3.8, 4) is 0 Å². The highest BCUT2D eigenvalue weighted by Gasteiger charge is 2.13. The summed E-state index contributed by atoms with van der Waals surface area (Å²) in [6.07, 6.45) is 0. The Balaban J connectivity index is 3.20. The van der Waals surface area contributed by atoms with Crippen molar-refractivity contribution in [3.05, 3.63) is 17.0 Å². The van der Waals surface area contributed by atoms with Gasteiger partial charge in [-0.15, -0.1) is 0 Å². The molecule has 0 atom stereocenters. The molecule has 0 bridgehead atoms. The lowest BCUT2D eigenvalue weighted by atomic mass is 10.0. The Labute approximate surface area is 73.6 Å². The Morgan fingerprint density at radius 3 is 2.42 bits per heavy atom. The predicted octanol–water partition coefficient (Wildman–Crippen LogP) is 1.31. The van der Waals surface area contributed by atoms with Gasteiger partial charge in [0.15, 0.2) is 0 Å². The van der Waals surface area contributed by atoms with Gasteiger partial charge in [-0.2, -0.15) is 5.10 Å². The zero-order valence-electron chi connectivity index (χ0n) is 8.26. The van der Waals surface area contributed by atoms with Crippen LogP contribution in [0.2, 0.25) is 0 Å². The first-order valence-electron chi connectivity index (χ1n) is 4.30. The van der Waals surface area contributed by atoms with Gasteiger partial charge in [0, 0.05) is 24.8 Å². The lowest BCUT2D eigenvalue weighted by Crippen LogP contribution is -2.02. The largest absolute Gasteiger partial charge is 0.326 e. The highest BCUT2D eigenvalue weighted by atomic mass is 15.3. The molecule has 0 spiro atoms. The van der Waals surface area contributed by atoms with E-state index in [1.165, 1.54) is 11.3 Å². The fraction of sp³-hybridized carbons (Fsp3) is 0.667. The molecular formula is C9H17N3. The first-order chi connectivity index (χ1) is 5.57. The van der Waals surface area contributed by atoms with Gasteiger partial charge in [0.1, 0.15) is 0 Å². The minimum absolute atomic E-state index is 0.462. The second-order valence-electron chi connectivity index (χ2n) is 3.43. The summed E-state index contributed by atoms with van der Waals surface area (Å²) in [5.41, 5.74) is 9.17. The summed E-state index contributed by atoms with van der Waals surface area (Å²) in [7, 11) is 1.96. The molecule has 0 aliphatic rings. The first-order valence-corrected chi connectivity index (χ1v) is 4.30. The van der Waals surface area contributed by atoms with E-state index in [9.17, 15) is 0 Å². The van der Waals surface area contributed by atoms with Crippen LogP contribution < -0.4 is 5.73 Å². The number of rotatable bonds is 2. The molecule has 1 aromatic rings. The van der Waals surface area contributed by atoms with Crippen molar-refractivity contribution in [2.24, 2.45) is 12.8 Å². The number of nitrogens with zero attached hydrogens (tertiary/aromatic N) is 2. The van der Waals surface area contributed by atoms with E-state index in [-0.39, 0.29) is 0 Å². The number of nitrogens with two attached hydrogens (primary N) is 1. The number of hydrogen-bond donors (Lipinski definition) is 1. The van der Waals surface area contributed by atoms with Crippen LogP contribution in [0.4, 0.5) is 0 Å². The van der Waals surface area contributed by atoms with Gasteiger partial charge >= 0.3 is 0 Å². The van der Waals surface area contributed by atoms with Crippen molar-refractivity contribution in [1.82, 2.24) is 9.78 Å². The maximum absolute atomic E-state index is 5.65.